The molecule has 0 radical (unpaired) electrons. The van der Waals surface area contributed by atoms with Crippen molar-refractivity contribution >= 4 is 39.3 Å². The molecule has 80 valence electrons. The number of halogens is 2. The van der Waals surface area contributed by atoms with Gasteiger partial charge in [-0.15, -0.1) is 0 Å². The van der Waals surface area contributed by atoms with Gasteiger partial charge in [0.25, 0.3) is 0 Å². The maximum Gasteiger partial charge on any atom is 0.228 e. The molecule has 0 saturated carbocycles. The average molecular weight is 290 g/mol. The molecule has 1 aliphatic rings. The van der Waals surface area contributed by atoms with Crippen LogP contribution in [0.25, 0.3) is 0 Å². The number of amides is 1. The van der Waals surface area contributed by atoms with Crippen molar-refractivity contribution in [2.75, 3.05) is 11.4 Å². The first-order valence-electron chi connectivity index (χ1n) is 4.73. The molecule has 0 spiro atoms. The van der Waals surface area contributed by atoms with Crippen LogP contribution in [0.1, 0.15) is 18.4 Å². The first-order valence-corrected chi connectivity index (χ1v) is 6.23. The molecule has 1 aromatic heterocycles. The molecular weight excluding hydrogens is 279 g/mol. The van der Waals surface area contributed by atoms with Crippen LogP contribution in [0.5, 0.6) is 0 Å². The van der Waals surface area contributed by atoms with E-state index in [1.54, 1.807) is 11.0 Å². The fraction of sp³-hybridized carbons (Fsp3) is 0.400. The van der Waals surface area contributed by atoms with Gasteiger partial charge in [0.1, 0.15) is 11.0 Å². The Morgan fingerprint density at radius 2 is 2.33 bits per heavy atom. The van der Waals surface area contributed by atoms with E-state index < -0.39 is 0 Å². The third kappa shape index (κ3) is 2.32. The van der Waals surface area contributed by atoms with Crippen molar-refractivity contribution in [3.63, 3.8) is 0 Å². The van der Waals surface area contributed by atoms with Crippen LogP contribution in [0.4, 0.5) is 5.82 Å². The molecule has 2 rings (SSSR count). The molecule has 2 heterocycles. The van der Waals surface area contributed by atoms with Crippen LogP contribution in [-0.2, 0) is 10.1 Å². The largest absolute Gasteiger partial charge is 0.297 e. The molecule has 1 aliphatic heterocycles. The Morgan fingerprint density at radius 1 is 1.53 bits per heavy atom. The zero-order valence-electron chi connectivity index (χ0n) is 8.04. The Balaban J connectivity index is 2.34. The van der Waals surface area contributed by atoms with E-state index >= 15 is 0 Å². The molecule has 1 aromatic rings. The predicted octanol–water partition coefficient (Wildman–Crippen LogP) is 2.76. The second-order valence-corrected chi connectivity index (χ2v) is 4.39. The highest BCUT2D eigenvalue weighted by atomic mass is 79.9. The number of nitrogens with zero attached hydrogens (tertiary/aromatic N) is 2. The van der Waals surface area contributed by atoms with Crippen LogP contribution >= 0.6 is 27.5 Å². The number of pyridine rings is 1. The summed E-state index contributed by atoms with van der Waals surface area (Å²) in [5.74, 6) is 0.796. The smallest absolute Gasteiger partial charge is 0.228 e. The van der Waals surface area contributed by atoms with Crippen molar-refractivity contribution in [1.82, 2.24) is 4.98 Å². The van der Waals surface area contributed by atoms with Gasteiger partial charge in [-0.3, -0.25) is 9.69 Å². The van der Waals surface area contributed by atoms with E-state index in [1.165, 1.54) is 0 Å². The molecule has 0 unspecified atom stereocenters. The Bertz CT molecular complexity index is 397. The summed E-state index contributed by atoms with van der Waals surface area (Å²) in [4.78, 5) is 17.4. The normalized spacial score (nSPS) is 16.1. The fourth-order valence-electron chi connectivity index (χ4n) is 1.64. The van der Waals surface area contributed by atoms with E-state index in [0.29, 0.717) is 22.7 Å². The Morgan fingerprint density at radius 3 is 2.93 bits per heavy atom. The summed E-state index contributed by atoms with van der Waals surface area (Å²) in [7, 11) is 0. The van der Waals surface area contributed by atoms with Gasteiger partial charge in [0, 0.05) is 18.3 Å². The van der Waals surface area contributed by atoms with E-state index in [1.807, 2.05) is 6.07 Å². The first kappa shape index (κ1) is 10.9. The molecule has 1 amide bonds. The Labute approximate surface area is 102 Å². The van der Waals surface area contributed by atoms with Gasteiger partial charge in [0.05, 0.1) is 0 Å². The average Bonchev–Trinajstić information content (AvgIpc) is 2.63. The monoisotopic (exact) mass is 288 g/mol. The minimum atomic E-state index is 0.130. The molecule has 0 bridgehead atoms. The van der Waals surface area contributed by atoms with Crippen LogP contribution in [0.15, 0.2) is 12.1 Å². The predicted molar refractivity (Wildman–Crippen MR) is 63.5 cm³/mol. The molecule has 1 saturated heterocycles. The number of carbonyl (C=O) groups excluding carboxylic acids is 1. The molecule has 15 heavy (non-hydrogen) atoms. The summed E-state index contributed by atoms with van der Waals surface area (Å²) >= 11 is 9.24. The summed E-state index contributed by atoms with van der Waals surface area (Å²) in [6.45, 7) is 0.744. The summed E-state index contributed by atoms with van der Waals surface area (Å²) < 4.78 is 0. The fourth-order valence-corrected chi connectivity index (χ4v) is 2.19. The first-order chi connectivity index (χ1) is 7.20. The molecule has 5 heteroatoms. The quantitative estimate of drug-likeness (QED) is 0.619. The van der Waals surface area contributed by atoms with Gasteiger partial charge in [-0.1, -0.05) is 27.5 Å². The van der Waals surface area contributed by atoms with Crippen molar-refractivity contribution < 1.29 is 4.79 Å². The molecule has 1 fully saturated rings. The van der Waals surface area contributed by atoms with Gasteiger partial charge in [-0.2, -0.15) is 0 Å². The lowest BCUT2D eigenvalue weighted by atomic mass is 10.3. The van der Waals surface area contributed by atoms with E-state index in [0.717, 1.165) is 18.5 Å². The van der Waals surface area contributed by atoms with Gasteiger partial charge in [-0.25, -0.2) is 4.98 Å². The van der Waals surface area contributed by atoms with Crippen LogP contribution in [0, 0.1) is 0 Å². The van der Waals surface area contributed by atoms with Crippen molar-refractivity contribution in [3.8, 4) is 0 Å². The summed E-state index contributed by atoms with van der Waals surface area (Å²) in [5, 5.41) is 1.14. The van der Waals surface area contributed by atoms with E-state index in [-0.39, 0.29) is 5.91 Å². The lowest BCUT2D eigenvalue weighted by Gasteiger charge is -2.15. The minimum Gasteiger partial charge on any atom is -0.297 e. The van der Waals surface area contributed by atoms with Gasteiger partial charge < -0.3 is 0 Å². The SMILES string of the molecule is O=C1CCCN1c1cc(CBr)cc(Cl)n1. The maximum atomic E-state index is 11.5. The second kappa shape index (κ2) is 4.49. The standard InChI is InChI=1S/C10H10BrClN2O/c11-6-7-4-8(12)13-9(5-7)14-3-1-2-10(14)15/h4-5H,1-3,6H2. The number of hydrogen-bond acceptors (Lipinski definition) is 2. The summed E-state index contributed by atoms with van der Waals surface area (Å²) in [6.07, 6.45) is 1.51. The lowest BCUT2D eigenvalue weighted by molar-refractivity contribution is -0.117. The number of rotatable bonds is 2. The second-order valence-electron chi connectivity index (χ2n) is 3.44. The third-order valence-corrected chi connectivity index (χ3v) is 3.19. The third-order valence-electron chi connectivity index (χ3n) is 2.34. The number of carbonyl (C=O) groups is 1. The van der Waals surface area contributed by atoms with Crippen LogP contribution in [0.2, 0.25) is 5.15 Å². The van der Waals surface area contributed by atoms with Gasteiger partial charge in [0.15, 0.2) is 0 Å². The molecule has 0 atom stereocenters. The van der Waals surface area contributed by atoms with Crippen molar-refractivity contribution in [2.24, 2.45) is 0 Å². The van der Waals surface area contributed by atoms with E-state index in [9.17, 15) is 4.79 Å². The number of aromatic nitrogens is 1. The summed E-state index contributed by atoms with van der Waals surface area (Å²) in [6, 6.07) is 3.68. The van der Waals surface area contributed by atoms with Crippen molar-refractivity contribution in [1.29, 1.82) is 0 Å². The van der Waals surface area contributed by atoms with Gasteiger partial charge in [-0.05, 0) is 24.1 Å². The number of hydrogen-bond donors (Lipinski definition) is 0. The lowest BCUT2D eigenvalue weighted by Crippen LogP contribution is -2.24. The maximum absolute atomic E-state index is 11.5. The highest BCUT2D eigenvalue weighted by Gasteiger charge is 2.23. The van der Waals surface area contributed by atoms with Crippen LogP contribution < -0.4 is 4.90 Å². The zero-order valence-corrected chi connectivity index (χ0v) is 10.4. The zero-order chi connectivity index (χ0) is 10.8. The van der Waals surface area contributed by atoms with E-state index in [4.69, 9.17) is 11.6 Å². The Kier molecular flexibility index (Phi) is 3.26. The van der Waals surface area contributed by atoms with Crippen LogP contribution in [-0.4, -0.2) is 17.4 Å². The topological polar surface area (TPSA) is 33.2 Å². The molecule has 0 N–H and O–H groups in total. The van der Waals surface area contributed by atoms with Crippen molar-refractivity contribution in [3.05, 3.63) is 22.8 Å². The van der Waals surface area contributed by atoms with Crippen LogP contribution in [0.3, 0.4) is 0 Å². The highest BCUT2D eigenvalue weighted by molar-refractivity contribution is 9.08. The molecule has 0 aromatic carbocycles. The number of anilines is 1. The van der Waals surface area contributed by atoms with Crippen molar-refractivity contribution in [2.45, 2.75) is 18.2 Å². The van der Waals surface area contributed by atoms with Gasteiger partial charge >= 0.3 is 0 Å². The van der Waals surface area contributed by atoms with E-state index in [2.05, 4.69) is 20.9 Å². The highest BCUT2D eigenvalue weighted by Crippen LogP contribution is 2.23. The molecular formula is C10H10BrClN2O. The van der Waals surface area contributed by atoms with Gasteiger partial charge in [0.2, 0.25) is 5.91 Å². The molecule has 3 nitrogen and oxygen atoms in total. The Hall–Kier alpha value is -0.610. The molecule has 0 aliphatic carbocycles. The number of alkyl halides is 1. The summed E-state index contributed by atoms with van der Waals surface area (Å²) in [5.41, 5.74) is 1.03. The minimum absolute atomic E-state index is 0.130.